The van der Waals surface area contributed by atoms with Gasteiger partial charge in [-0.3, -0.25) is 0 Å². The van der Waals surface area contributed by atoms with E-state index in [0.717, 1.165) is 35.4 Å². The summed E-state index contributed by atoms with van der Waals surface area (Å²) in [6.07, 6.45) is 2.77. The third kappa shape index (κ3) is 3.86. The molecule has 1 aliphatic rings. The zero-order chi connectivity index (χ0) is 13.8. The lowest BCUT2D eigenvalue weighted by Gasteiger charge is -2.17. The van der Waals surface area contributed by atoms with Gasteiger partial charge in [-0.2, -0.15) is 0 Å². The van der Waals surface area contributed by atoms with Crippen molar-refractivity contribution < 1.29 is 0 Å². The summed E-state index contributed by atoms with van der Waals surface area (Å²) in [6, 6.07) is 6.25. The van der Waals surface area contributed by atoms with Gasteiger partial charge in [-0.25, -0.2) is 0 Å². The average molecular weight is 294 g/mol. The summed E-state index contributed by atoms with van der Waals surface area (Å²) in [6.45, 7) is 5.46. The number of rotatable bonds is 7. The molecule has 0 aromatic heterocycles. The van der Waals surface area contributed by atoms with Crippen LogP contribution in [0.15, 0.2) is 23.1 Å². The molecule has 4 heteroatoms. The van der Waals surface area contributed by atoms with Crippen LogP contribution in [-0.2, 0) is 0 Å². The molecular formula is C15H22N2S2. The summed E-state index contributed by atoms with van der Waals surface area (Å²) in [5.74, 6) is 2.66. The number of hydrogen-bond donors (Lipinski definition) is 2. The highest BCUT2D eigenvalue weighted by atomic mass is 32.2. The first-order valence-corrected chi connectivity index (χ1v) is 8.32. The van der Waals surface area contributed by atoms with Crippen molar-refractivity contribution in [2.45, 2.75) is 31.6 Å². The van der Waals surface area contributed by atoms with Crippen molar-refractivity contribution in [3.05, 3.63) is 23.8 Å². The average Bonchev–Trinajstić information content (AvgIpc) is 3.20. The molecule has 0 aliphatic heterocycles. The lowest BCUT2D eigenvalue weighted by Crippen LogP contribution is -2.18. The molecule has 1 atom stereocenters. The van der Waals surface area contributed by atoms with Crippen LogP contribution in [0.2, 0.25) is 0 Å². The quantitative estimate of drug-likeness (QED) is 0.591. The Morgan fingerprint density at radius 2 is 2.26 bits per heavy atom. The summed E-state index contributed by atoms with van der Waals surface area (Å²) < 4.78 is 0. The SMILES string of the molecule is CCSc1cccc(NCC(C)C2CC2)c1C(N)=S. The maximum absolute atomic E-state index is 5.90. The number of hydrogen-bond acceptors (Lipinski definition) is 3. The first-order chi connectivity index (χ1) is 9.13. The van der Waals surface area contributed by atoms with Crippen molar-refractivity contribution in [3.8, 4) is 0 Å². The van der Waals surface area contributed by atoms with Gasteiger partial charge in [-0.15, -0.1) is 11.8 Å². The fourth-order valence-corrected chi connectivity index (χ4v) is 3.45. The van der Waals surface area contributed by atoms with Crippen LogP contribution in [0.25, 0.3) is 0 Å². The maximum Gasteiger partial charge on any atom is 0.107 e. The monoisotopic (exact) mass is 294 g/mol. The molecule has 1 aromatic carbocycles. The fraction of sp³-hybridized carbons (Fsp3) is 0.533. The lowest BCUT2D eigenvalue weighted by atomic mass is 10.1. The zero-order valence-corrected chi connectivity index (χ0v) is 13.2. The summed E-state index contributed by atoms with van der Waals surface area (Å²) >= 11 is 7.01. The van der Waals surface area contributed by atoms with Crippen LogP contribution < -0.4 is 11.1 Å². The molecule has 0 amide bonds. The van der Waals surface area contributed by atoms with Gasteiger partial charge in [0.15, 0.2) is 0 Å². The highest BCUT2D eigenvalue weighted by molar-refractivity contribution is 7.99. The molecule has 3 N–H and O–H groups in total. The standard InChI is InChI=1S/C15H22N2S2/c1-3-19-13-6-4-5-12(14(13)15(16)18)17-9-10(2)11-7-8-11/h4-6,10-11,17H,3,7-9H2,1-2H3,(H2,16,18). The van der Waals surface area contributed by atoms with E-state index < -0.39 is 0 Å². The molecule has 1 aromatic rings. The van der Waals surface area contributed by atoms with E-state index in [-0.39, 0.29) is 0 Å². The molecule has 2 nitrogen and oxygen atoms in total. The number of nitrogens with two attached hydrogens (primary N) is 1. The largest absolute Gasteiger partial charge is 0.389 e. The molecule has 0 heterocycles. The molecule has 0 bridgehead atoms. The second-order valence-corrected chi connectivity index (χ2v) is 6.92. The Morgan fingerprint density at radius 1 is 1.53 bits per heavy atom. The van der Waals surface area contributed by atoms with E-state index in [1.807, 2.05) is 0 Å². The molecule has 104 valence electrons. The predicted molar refractivity (Wildman–Crippen MR) is 89.1 cm³/mol. The van der Waals surface area contributed by atoms with Gasteiger partial charge in [0.2, 0.25) is 0 Å². The first-order valence-electron chi connectivity index (χ1n) is 6.93. The van der Waals surface area contributed by atoms with Crippen molar-refractivity contribution in [2.24, 2.45) is 17.6 Å². The van der Waals surface area contributed by atoms with Crippen molar-refractivity contribution in [1.82, 2.24) is 0 Å². The second-order valence-electron chi connectivity index (χ2n) is 5.17. The second kappa shape index (κ2) is 6.62. The van der Waals surface area contributed by atoms with Gasteiger partial charge in [0, 0.05) is 22.7 Å². The number of thiocarbonyl (C=S) groups is 1. The molecule has 2 rings (SSSR count). The van der Waals surface area contributed by atoms with Crippen molar-refractivity contribution in [1.29, 1.82) is 0 Å². The van der Waals surface area contributed by atoms with Crippen molar-refractivity contribution in [2.75, 3.05) is 17.6 Å². The number of thioether (sulfide) groups is 1. The van der Waals surface area contributed by atoms with Gasteiger partial charge >= 0.3 is 0 Å². The Kier molecular flexibility index (Phi) is 5.11. The fourth-order valence-electron chi connectivity index (χ4n) is 2.31. The van der Waals surface area contributed by atoms with Crippen LogP contribution in [0.1, 0.15) is 32.3 Å². The smallest absolute Gasteiger partial charge is 0.107 e. The van der Waals surface area contributed by atoms with E-state index >= 15 is 0 Å². The first kappa shape index (κ1) is 14.7. The molecule has 0 spiro atoms. The third-order valence-corrected chi connectivity index (χ3v) is 4.76. The van der Waals surface area contributed by atoms with E-state index in [2.05, 4.69) is 37.4 Å². The van der Waals surface area contributed by atoms with E-state index in [0.29, 0.717) is 4.99 Å². The van der Waals surface area contributed by atoms with Gasteiger partial charge in [-0.05, 0) is 42.6 Å². The summed E-state index contributed by atoms with van der Waals surface area (Å²) in [7, 11) is 0. The Hall–Kier alpha value is -0.740. The molecule has 0 saturated heterocycles. The van der Waals surface area contributed by atoms with Crippen LogP contribution in [0.5, 0.6) is 0 Å². The maximum atomic E-state index is 5.90. The molecule has 19 heavy (non-hydrogen) atoms. The minimum Gasteiger partial charge on any atom is -0.389 e. The molecule has 1 saturated carbocycles. The van der Waals surface area contributed by atoms with E-state index in [1.54, 1.807) is 11.8 Å². The van der Waals surface area contributed by atoms with E-state index in [4.69, 9.17) is 18.0 Å². The zero-order valence-electron chi connectivity index (χ0n) is 11.6. The van der Waals surface area contributed by atoms with Crippen LogP contribution in [0.3, 0.4) is 0 Å². The van der Waals surface area contributed by atoms with Crippen LogP contribution in [0.4, 0.5) is 5.69 Å². The molecular weight excluding hydrogens is 272 g/mol. The minimum absolute atomic E-state index is 0.484. The summed E-state index contributed by atoms with van der Waals surface area (Å²) in [5.41, 5.74) is 7.99. The van der Waals surface area contributed by atoms with Crippen LogP contribution >= 0.6 is 24.0 Å². The number of anilines is 1. The molecule has 1 aliphatic carbocycles. The normalized spacial score (nSPS) is 16.1. The van der Waals surface area contributed by atoms with E-state index in [9.17, 15) is 0 Å². The van der Waals surface area contributed by atoms with Crippen LogP contribution in [0, 0.1) is 11.8 Å². The van der Waals surface area contributed by atoms with Gasteiger partial charge in [0.1, 0.15) is 4.99 Å². The van der Waals surface area contributed by atoms with Crippen molar-refractivity contribution >= 4 is 34.7 Å². The highest BCUT2D eigenvalue weighted by Gasteiger charge is 2.27. The molecule has 1 fully saturated rings. The van der Waals surface area contributed by atoms with Gasteiger partial charge in [-0.1, -0.05) is 32.1 Å². The van der Waals surface area contributed by atoms with Gasteiger partial charge in [0.05, 0.1) is 0 Å². The highest BCUT2D eigenvalue weighted by Crippen LogP contribution is 2.37. The topological polar surface area (TPSA) is 38.0 Å². The number of nitrogens with one attached hydrogen (secondary N) is 1. The number of benzene rings is 1. The summed E-state index contributed by atoms with van der Waals surface area (Å²) in [5, 5.41) is 3.53. The Labute approximate surface area is 125 Å². The van der Waals surface area contributed by atoms with Crippen molar-refractivity contribution in [3.63, 3.8) is 0 Å². The molecule has 1 unspecified atom stereocenters. The van der Waals surface area contributed by atoms with E-state index in [1.165, 1.54) is 17.7 Å². The predicted octanol–water partition coefficient (Wildman–Crippen LogP) is 3.89. The minimum atomic E-state index is 0.484. The Bertz CT molecular complexity index is 455. The van der Waals surface area contributed by atoms with Gasteiger partial charge < -0.3 is 11.1 Å². The Morgan fingerprint density at radius 3 is 2.84 bits per heavy atom. The molecule has 0 radical (unpaired) electrons. The summed E-state index contributed by atoms with van der Waals surface area (Å²) in [4.78, 5) is 1.66. The Balaban J connectivity index is 2.13. The van der Waals surface area contributed by atoms with Crippen LogP contribution in [-0.4, -0.2) is 17.3 Å². The van der Waals surface area contributed by atoms with Gasteiger partial charge in [0.25, 0.3) is 0 Å². The lowest BCUT2D eigenvalue weighted by molar-refractivity contribution is 0.536. The third-order valence-electron chi connectivity index (χ3n) is 3.61.